The zero-order valence-electron chi connectivity index (χ0n) is 22.6. The number of rotatable bonds is 5. The molecule has 0 aromatic carbocycles. The Morgan fingerprint density at radius 2 is 1.97 bits per heavy atom. The number of nitrogens with zero attached hydrogens (tertiary/aromatic N) is 1. The first-order valence-corrected chi connectivity index (χ1v) is 13.5. The molecule has 1 aromatic rings. The number of aromatic nitrogens is 1. The minimum atomic E-state index is -1.25. The number of cyclic esters (lactones) is 1. The molecule has 0 spiro atoms. The van der Waals surface area contributed by atoms with E-state index in [-0.39, 0.29) is 29.8 Å². The lowest BCUT2D eigenvalue weighted by molar-refractivity contribution is -0.154. The number of allylic oxidation sites excluding steroid dienone is 1. The molecular weight excluding hydrogens is 470 g/mol. The van der Waals surface area contributed by atoms with Gasteiger partial charge in [0.1, 0.15) is 11.9 Å². The molecule has 2 aliphatic heterocycles. The van der Waals surface area contributed by atoms with Gasteiger partial charge < -0.3 is 19.7 Å². The van der Waals surface area contributed by atoms with Crippen molar-refractivity contribution in [2.45, 2.75) is 103 Å². The van der Waals surface area contributed by atoms with Gasteiger partial charge in [0.15, 0.2) is 0 Å². The zero-order chi connectivity index (χ0) is 27.2. The zero-order valence-corrected chi connectivity index (χ0v) is 22.6. The summed E-state index contributed by atoms with van der Waals surface area (Å²) in [7, 11) is 0. The predicted molar refractivity (Wildman–Crippen MR) is 142 cm³/mol. The second kappa shape index (κ2) is 12.5. The SMILES string of the molecule is C=CCC[C@H]1C(=O)C(C)(C)[C@H](O)CC(=O)O[C@H](/C=C/c2ccccn2)CC2OC2(C)CCC[C@@H](C)[C@@H]1O. The molecule has 0 bridgehead atoms. The van der Waals surface area contributed by atoms with Gasteiger partial charge in [-0.15, -0.1) is 6.58 Å². The summed E-state index contributed by atoms with van der Waals surface area (Å²) < 4.78 is 11.8. The van der Waals surface area contributed by atoms with Crippen LogP contribution in [0.25, 0.3) is 6.08 Å². The van der Waals surface area contributed by atoms with Crippen molar-refractivity contribution in [1.29, 1.82) is 0 Å². The number of carbonyl (C=O) groups is 2. The standard InChI is InChI=1S/C30H43NO6/c1-6-7-13-23-27(34)20(2)11-10-16-30(5)25(37-30)18-22(15-14-21-12-8-9-17-31-21)36-26(33)19-24(32)29(3,4)28(23)35/h6,8-9,12,14-15,17,20,22-25,27,32,34H,1,7,10-11,13,16,18-19H2,2-5H3/b15-14+/t20-,22-,23-,24-,25?,27+,30?/m1/s1. The second-order valence-electron chi connectivity index (χ2n) is 11.4. The molecule has 2 saturated heterocycles. The third-order valence-corrected chi connectivity index (χ3v) is 8.11. The maximum absolute atomic E-state index is 13.6. The number of Topliss-reactive ketones (excluding diaryl/α,β-unsaturated/α-hetero) is 1. The van der Waals surface area contributed by atoms with Gasteiger partial charge >= 0.3 is 5.97 Å². The van der Waals surface area contributed by atoms with Crippen molar-refractivity contribution >= 4 is 17.8 Å². The Kier molecular flexibility index (Phi) is 9.84. The Balaban J connectivity index is 1.84. The molecule has 7 atom stereocenters. The quantitative estimate of drug-likeness (QED) is 0.335. The van der Waals surface area contributed by atoms with Crippen LogP contribution in [0, 0.1) is 17.3 Å². The summed E-state index contributed by atoms with van der Waals surface area (Å²) in [6.45, 7) is 11.1. The molecule has 0 aliphatic carbocycles. The number of hydrogen-bond acceptors (Lipinski definition) is 7. The number of esters is 1. The first-order chi connectivity index (χ1) is 17.5. The minimum Gasteiger partial charge on any atom is -0.458 e. The van der Waals surface area contributed by atoms with Crippen LogP contribution < -0.4 is 0 Å². The fourth-order valence-electron chi connectivity index (χ4n) is 5.23. The van der Waals surface area contributed by atoms with Crippen LogP contribution in [0.4, 0.5) is 0 Å². The average Bonchev–Trinajstić information content (AvgIpc) is 3.50. The van der Waals surface area contributed by atoms with E-state index in [9.17, 15) is 19.8 Å². The molecule has 37 heavy (non-hydrogen) atoms. The summed E-state index contributed by atoms with van der Waals surface area (Å²) in [5, 5.41) is 22.2. The third kappa shape index (κ3) is 7.59. The Bertz CT molecular complexity index is 960. The number of ether oxygens (including phenoxy) is 2. The Labute approximate surface area is 221 Å². The summed E-state index contributed by atoms with van der Waals surface area (Å²) in [4.78, 5) is 30.8. The van der Waals surface area contributed by atoms with Crippen molar-refractivity contribution in [2.75, 3.05) is 0 Å². The van der Waals surface area contributed by atoms with Gasteiger partial charge in [-0.1, -0.05) is 39.3 Å². The van der Waals surface area contributed by atoms with Gasteiger partial charge in [-0.2, -0.15) is 0 Å². The lowest BCUT2D eigenvalue weighted by atomic mass is 9.71. The molecule has 2 N–H and O–H groups in total. The average molecular weight is 514 g/mol. The number of hydrogen-bond donors (Lipinski definition) is 2. The highest BCUT2D eigenvalue weighted by molar-refractivity contribution is 5.88. The van der Waals surface area contributed by atoms with E-state index in [1.165, 1.54) is 0 Å². The van der Waals surface area contributed by atoms with Crippen molar-refractivity contribution in [1.82, 2.24) is 4.98 Å². The molecule has 204 valence electrons. The number of epoxide rings is 1. The van der Waals surface area contributed by atoms with E-state index in [4.69, 9.17) is 9.47 Å². The number of carbonyl (C=O) groups excluding carboxylic acids is 2. The van der Waals surface area contributed by atoms with Crippen molar-refractivity contribution < 1.29 is 29.3 Å². The summed E-state index contributed by atoms with van der Waals surface area (Å²) in [5.74, 6) is -1.59. The summed E-state index contributed by atoms with van der Waals surface area (Å²) in [5.41, 5.74) is -0.805. The predicted octanol–water partition coefficient (Wildman–Crippen LogP) is 4.66. The monoisotopic (exact) mass is 513 g/mol. The molecule has 2 fully saturated rings. The van der Waals surface area contributed by atoms with E-state index in [1.807, 2.05) is 31.2 Å². The molecule has 0 amide bonds. The van der Waals surface area contributed by atoms with Crippen molar-refractivity contribution in [3.8, 4) is 0 Å². The molecule has 7 heteroatoms. The Hall–Kier alpha value is -2.35. The van der Waals surface area contributed by atoms with Gasteiger partial charge in [0.25, 0.3) is 0 Å². The van der Waals surface area contributed by atoms with Crippen LogP contribution in [0.5, 0.6) is 0 Å². The van der Waals surface area contributed by atoms with Gasteiger partial charge in [-0.25, -0.2) is 0 Å². The topological polar surface area (TPSA) is 109 Å². The molecular formula is C30H43NO6. The normalized spacial score (nSPS) is 35.5. The van der Waals surface area contributed by atoms with Crippen LogP contribution in [-0.4, -0.2) is 57.0 Å². The molecule has 0 saturated carbocycles. The van der Waals surface area contributed by atoms with Crippen molar-refractivity contribution in [3.63, 3.8) is 0 Å². The molecule has 1 aromatic heterocycles. The van der Waals surface area contributed by atoms with Gasteiger partial charge in [-0.05, 0) is 62.8 Å². The van der Waals surface area contributed by atoms with Crippen LogP contribution in [0.2, 0.25) is 0 Å². The van der Waals surface area contributed by atoms with Gasteiger partial charge in [0.05, 0.1) is 41.4 Å². The summed E-state index contributed by atoms with van der Waals surface area (Å²) >= 11 is 0. The third-order valence-electron chi connectivity index (χ3n) is 8.11. The molecule has 3 heterocycles. The molecule has 3 rings (SSSR count). The molecule has 7 nitrogen and oxygen atoms in total. The van der Waals surface area contributed by atoms with Crippen molar-refractivity contribution in [3.05, 3.63) is 48.8 Å². The molecule has 2 aliphatic rings. The van der Waals surface area contributed by atoms with E-state index in [1.54, 1.807) is 32.2 Å². The van der Waals surface area contributed by atoms with E-state index in [0.29, 0.717) is 19.3 Å². The Morgan fingerprint density at radius 1 is 1.22 bits per heavy atom. The largest absolute Gasteiger partial charge is 0.458 e. The number of pyridine rings is 1. The van der Waals surface area contributed by atoms with Crippen LogP contribution in [0.1, 0.15) is 78.3 Å². The lowest BCUT2D eigenvalue weighted by Crippen LogP contribution is -2.46. The smallest absolute Gasteiger partial charge is 0.309 e. The van der Waals surface area contributed by atoms with E-state index >= 15 is 0 Å². The van der Waals surface area contributed by atoms with Crippen LogP contribution in [0.3, 0.4) is 0 Å². The maximum Gasteiger partial charge on any atom is 0.309 e. The van der Waals surface area contributed by atoms with Crippen molar-refractivity contribution in [2.24, 2.45) is 17.3 Å². The van der Waals surface area contributed by atoms with E-state index < -0.39 is 35.6 Å². The van der Waals surface area contributed by atoms with Gasteiger partial charge in [0, 0.05) is 18.5 Å². The first-order valence-electron chi connectivity index (χ1n) is 13.5. The minimum absolute atomic E-state index is 0.0601. The highest BCUT2D eigenvalue weighted by atomic mass is 16.6. The van der Waals surface area contributed by atoms with E-state index in [2.05, 4.69) is 18.5 Å². The van der Waals surface area contributed by atoms with E-state index in [0.717, 1.165) is 25.0 Å². The number of ketones is 1. The van der Waals surface area contributed by atoms with Crippen LogP contribution in [0.15, 0.2) is 43.1 Å². The number of aliphatic hydroxyl groups excluding tert-OH is 2. The van der Waals surface area contributed by atoms with Crippen LogP contribution in [-0.2, 0) is 19.1 Å². The molecule has 0 radical (unpaired) electrons. The maximum atomic E-state index is 13.6. The van der Waals surface area contributed by atoms with Gasteiger partial charge in [0.2, 0.25) is 0 Å². The van der Waals surface area contributed by atoms with Gasteiger partial charge in [-0.3, -0.25) is 14.6 Å². The fraction of sp³-hybridized carbons (Fsp3) is 0.633. The molecule has 2 unspecified atom stereocenters. The summed E-state index contributed by atoms with van der Waals surface area (Å²) in [6.07, 6.45) is 7.93. The van der Waals surface area contributed by atoms with Crippen LogP contribution >= 0.6 is 0 Å². The highest BCUT2D eigenvalue weighted by Gasteiger charge is 2.52. The number of fused-ring (bicyclic) bond motifs is 1. The highest BCUT2D eigenvalue weighted by Crippen LogP contribution is 2.44. The first kappa shape index (κ1) is 29.2. The lowest BCUT2D eigenvalue weighted by Gasteiger charge is -2.36. The Morgan fingerprint density at radius 3 is 2.65 bits per heavy atom. The fourth-order valence-corrected chi connectivity index (χ4v) is 5.23. The second-order valence-corrected chi connectivity index (χ2v) is 11.4. The number of aliphatic hydroxyl groups is 2. The summed E-state index contributed by atoms with van der Waals surface area (Å²) in [6, 6.07) is 5.58.